The molecule has 0 saturated heterocycles. The minimum atomic E-state index is -1.18. The highest BCUT2D eigenvalue weighted by Gasteiger charge is 2.37. The van der Waals surface area contributed by atoms with E-state index in [1.165, 1.54) is 78.9 Å². The number of urea groups is 1. The fourth-order valence-corrected chi connectivity index (χ4v) is 10.4. The highest BCUT2D eigenvalue weighted by atomic mass is 16.6. The summed E-state index contributed by atoms with van der Waals surface area (Å²) in [6.07, 6.45) is 3.08. The first-order chi connectivity index (χ1) is 42.5. The van der Waals surface area contributed by atoms with Gasteiger partial charge in [0.15, 0.2) is 0 Å². The van der Waals surface area contributed by atoms with Crippen LogP contribution in [-0.4, -0.2) is 159 Å². The Morgan fingerprint density at radius 1 is 0.607 bits per heavy atom. The van der Waals surface area contributed by atoms with Crippen molar-refractivity contribution in [2.45, 2.75) is 77.5 Å². The molecule has 3 aliphatic rings. The standard InChI is InChI=1S/C60H62N12O17/c1-34(2)52(66-46(73)15-4-3-5-25-68-48(75)20-21-49(68)76)54(78)65-45(14-8-22-63-59(61)83)53(77)64-38-18-16-35(17-19-38)33-89-60(84)67(24-9-26-69-55(79)41-12-6-10-36-28-39(71(85)86)30-43(50(36)41)57(69)81)27-23-62-47(74)32-70-56(80)42-13-7-11-37-29-40(72(87)88)31-44(51(37)42)58(70)82/h6-7,10-13,16-21,28-31,34,45,52H,3-5,8-9,14-15,22-27,32-33H2,1-2H3,(H,62,74)(H,64,77)(H,65,78)(H,66,73)(H3,61,63,83). The van der Waals surface area contributed by atoms with Gasteiger partial charge in [-0.15, -0.1) is 0 Å². The van der Waals surface area contributed by atoms with Gasteiger partial charge in [-0.1, -0.05) is 56.7 Å². The van der Waals surface area contributed by atoms with E-state index in [1.807, 2.05) is 0 Å². The predicted octanol–water partition coefficient (Wildman–Crippen LogP) is 4.34. The summed E-state index contributed by atoms with van der Waals surface area (Å²) in [6, 6.07) is 16.6. The Morgan fingerprint density at radius 2 is 1.18 bits per heavy atom. The lowest BCUT2D eigenvalue weighted by Crippen LogP contribution is -2.54. The van der Waals surface area contributed by atoms with Crippen LogP contribution in [0.3, 0.4) is 0 Å². The highest BCUT2D eigenvalue weighted by Crippen LogP contribution is 2.35. The summed E-state index contributed by atoms with van der Waals surface area (Å²) in [7, 11) is 0. The van der Waals surface area contributed by atoms with Crippen LogP contribution in [-0.2, 0) is 40.1 Å². The van der Waals surface area contributed by atoms with Crippen LogP contribution in [0.1, 0.15) is 106 Å². The molecule has 0 fully saturated rings. The van der Waals surface area contributed by atoms with Gasteiger partial charge in [0.1, 0.15) is 25.2 Å². The number of anilines is 1. The number of nitro groups is 2. The van der Waals surface area contributed by atoms with Gasteiger partial charge >= 0.3 is 12.1 Å². The molecule has 29 heteroatoms. The van der Waals surface area contributed by atoms with Crippen LogP contribution in [0.25, 0.3) is 21.5 Å². The molecule has 8 rings (SSSR count). The van der Waals surface area contributed by atoms with E-state index in [4.69, 9.17) is 10.5 Å². The third-order valence-corrected chi connectivity index (χ3v) is 15.0. The molecule has 464 valence electrons. The monoisotopic (exact) mass is 1220 g/mol. The molecular weight excluding hydrogens is 1160 g/mol. The summed E-state index contributed by atoms with van der Waals surface area (Å²) < 4.78 is 5.68. The maximum absolute atomic E-state index is 13.9. The lowest BCUT2D eigenvalue weighted by Gasteiger charge is -2.28. The molecule has 0 radical (unpaired) electrons. The number of carbonyl (C=O) groups is 12. The largest absolute Gasteiger partial charge is 0.445 e. The van der Waals surface area contributed by atoms with Gasteiger partial charge in [0.2, 0.25) is 23.6 Å². The molecule has 2 atom stereocenters. The summed E-state index contributed by atoms with van der Waals surface area (Å²) >= 11 is 0. The van der Waals surface area contributed by atoms with Gasteiger partial charge in [0, 0.05) is 110 Å². The van der Waals surface area contributed by atoms with Crippen molar-refractivity contribution in [3.05, 3.63) is 145 Å². The van der Waals surface area contributed by atoms with Crippen molar-refractivity contribution >= 4 is 110 Å². The SMILES string of the molecule is CC(C)C(NC(=O)CCCCCN1C(=O)C=CC1=O)C(=O)NC(CCCNC(N)=O)C(=O)Nc1ccc(COC(=O)N(CCCN2C(=O)c3cccc4cc([N+](=O)[O-])cc(c34)C2=O)CCNC(=O)CN2C(=O)c3cccc4cc([N+](=O)[O-])cc(c34)C2=O)cc1. The average molecular weight is 1220 g/mol. The zero-order valence-electron chi connectivity index (χ0n) is 48.3. The maximum Gasteiger partial charge on any atom is 0.410 e. The second-order valence-corrected chi connectivity index (χ2v) is 21.5. The topological polar surface area (TPSA) is 399 Å². The van der Waals surface area contributed by atoms with Crippen LogP contribution >= 0.6 is 0 Å². The van der Waals surface area contributed by atoms with Gasteiger partial charge in [0.25, 0.3) is 46.8 Å². The molecule has 0 spiro atoms. The molecule has 29 nitrogen and oxygen atoms in total. The Labute approximate surface area is 506 Å². The maximum atomic E-state index is 13.9. The Morgan fingerprint density at radius 3 is 1.76 bits per heavy atom. The van der Waals surface area contributed by atoms with Crippen LogP contribution in [0.15, 0.2) is 97.1 Å². The minimum absolute atomic E-state index is 0.0285. The van der Waals surface area contributed by atoms with Crippen molar-refractivity contribution in [2.24, 2.45) is 11.7 Å². The predicted molar refractivity (Wildman–Crippen MR) is 316 cm³/mol. The Kier molecular flexibility index (Phi) is 20.5. The molecule has 0 bridgehead atoms. The number of unbranched alkanes of at least 4 members (excludes halogenated alkanes) is 2. The molecule has 2 unspecified atom stereocenters. The van der Waals surface area contributed by atoms with Gasteiger partial charge in [0.05, 0.1) is 21.0 Å². The molecule has 0 aromatic heterocycles. The van der Waals surface area contributed by atoms with E-state index in [0.717, 1.165) is 26.8 Å². The van der Waals surface area contributed by atoms with E-state index in [0.29, 0.717) is 35.1 Å². The van der Waals surface area contributed by atoms with Crippen LogP contribution in [0.5, 0.6) is 0 Å². The van der Waals surface area contributed by atoms with Gasteiger partial charge in [-0.25, -0.2) is 9.59 Å². The lowest BCUT2D eigenvalue weighted by atomic mass is 9.93. The second kappa shape index (κ2) is 28.5. The number of nitrogens with two attached hydrogens (primary N) is 1. The number of imide groups is 3. The number of nitro benzene ring substituents is 2. The van der Waals surface area contributed by atoms with E-state index in [1.54, 1.807) is 19.9 Å². The average Bonchev–Trinajstić information content (AvgIpc) is 1.32. The van der Waals surface area contributed by atoms with Crippen molar-refractivity contribution in [1.29, 1.82) is 0 Å². The number of non-ortho nitro benzene ring substituents is 2. The van der Waals surface area contributed by atoms with E-state index in [9.17, 15) is 77.8 Å². The fourth-order valence-electron chi connectivity index (χ4n) is 10.4. The zero-order chi connectivity index (χ0) is 64.2. The van der Waals surface area contributed by atoms with Crippen molar-refractivity contribution in [3.63, 3.8) is 0 Å². The zero-order valence-corrected chi connectivity index (χ0v) is 48.3. The molecule has 0 aliphatic carbocycles. The summed E-state index contributed by atoms with van der Waals surface area (Å²) in [5, 5.41) is 37.7. The number of nitrogens with zero attached hydrogens (tertiary/aromatic N) is 6. The van der Waals surface area contributed by atoms with Crippen molar-refractivity contribution in [2.75, 3.05) is 51.1 Å². The van der Waals surface area contributed by atoms with Gasteiger partial charge < -0.3 is 42.0 Å². The summed E-state index contributed by atoms with van der Waals surface area (Å²) in [5.41, 5.74) is 5.09. The summed E-state index contributed by atoms with van der Waals surface area (Å²) in [6.45, 7) is 1.52. The molecule has 0 saturated carbocycles. The number of benzene rings is 5. The molecule has 5 aromatic carbocycles. The first-order valence-electron chi connectivity index (χ1n) is 28.4. The molecule has 3 aliphatic heterocycles. The van der Waals surface area contributed by atoms with Gasteiger partial charge in [-0.2, -0.15) is 0 Å². The summed E-state index contributed by atoms with van der Waals surface area (Å²) in [5.74, 6) is -7.03. The highest BCUT2D eigenvalue weighted by molar-refractivity contribution is 6.27. The van der Waals surface area contributed by atoms with Gasteiger partial charge in [-0.05, 0) is 78.6 Å². The fraction of sp³-hybridized carbons (Fsp3) is 0.333. The molecular formula is C60H62N12O17. The number of primary amides is 1. The van der Waals surface area contributed by atoms with E-state index in [-0.39, 0.29) is 121 Å². The number of nitrogens with one attached hydrogen (secondary N) is 5. The Balaban J connectivity index is 0.896. The molecule has 7 N–H and O–H groups in total. The first kappa shape index (κ1) is 64.0. The number of hydrogen-bond acceptors (Lipinski definition) is 17. The van der Waals surface area contributed by atoms with Crippen LogP contribution < -0.4 is 32.3 Å². The Hall–Kier alpha value is -11.0. The van der Waals surface area contributed by atoms with Crippen LogP contribution in [0, 0.1) is 26.1 Å². The minimum Gasteiger partial charge on any atom is -0.445 e. The molecule has 13 amide bonds. The lowest BCUT2D eigenvalue weighted by molar-refractivity contribution is -0.384. The number of amides is 13. The smallest absolute Gasteiger partial charge is 0.410 e. The van der Waals surface area contributed by atoms with Crippen LogP contribution in [0.4, 0.5) is 26.7 Å². The quantitative estimate of drug-likeness (QED) is 0.0168. The number of ether oxygens (including phenoxy) is 1. The second-order valence-electron chi connectivity index (χ2n) is 21.5. The van der Waals surface area contributed by atoms with E-state index in [2.05, 4.69) is 26.6 Å². The van der Waals surface area contributed by atoms with Crippen molar-refractivity contribution in [3.8, 4) is 0 Å². The first-order valence-corrected chi connectivity index (χ1v) is 28.4. The van der Waals surface area contributed by atoms with E-state index >= 15 is 0 Å². The normalized spacial score (nSPS) is 14.0. The van der Waals surface area contributed by atoms with Crippen LogP contribution in [0.2, 0.25) is 0 Å². The number of rotatable bonds is 29. The third kappa shape index (κ3) is 15.3. The third-order valence-electron chi connectivity index (χ3n) is 15.0. The molecule has 89 heavy (non-hydrogen) atoms. The summed E-state index contributed by atoms with van der Waals surface area (Å²) in [4.78, 5) is 184. The van der Waals surface area contributed by atoms with Crippen molar-refractivity contribution < 1.29 is 72.1 Å². The molecule has 5 aromatic rings. The van der Waals surface area contributed by atoms with Gasteiger partial charge in [-0.3, -0.25) is 82.9 Å². The number of carbonyl (C=O) groups excluding carboxylic acids is 12. The molecule has 3 heterocycles. The van der Waals surface area contributed by atoms with Crippen molar-refractivity contribution in [1.82, 2.24) is 40.9 Å². The Bertz CT molecular complexity index is 3760. The number of hydrogen-bond donors (Lipinski definition) is 6. The van der Waals surface area contributed by atoms with E-state index < -0.39 is 111 Å².